The van der Waals surface area contributed by atoms with Crippen molar-refractivity contribution in [3.63, 3.8) is 0 Å². The zero-order valence-corrected chi connectivity index (χ0v) is 12.9. The van der Waals surface area contributed by atoms with Crippen molar-refractivity contribution in [2.75, 3.05) is 25.1 Å². The van der Waals surface area contributed by atoms with E-state index in [2.05, 4.69) is 14.9 Å². The van der Waals surface area contributed by atoms with Crippen LogP contribution in [-0.2, 0) is 11.2 Å². The topological polar surface area (TPSA) is 38.2 Å². The van der Waals surface area contributed by atoms with Gasteiger partial charge in [-0.1, -0.05) is 13.3 Å². The second-order valence-corrected chi connectivity index (χ2v) is 6.32. The molecular weight excluding hydrogens is 269 g/mol. The quantitative estimate of drug-likeness (QED) is 0.859. The van der Waals surface area contributed by atoms with E-state index in [0.717, 1.165) is 25.9 Å². The van der Waals surface area contributed by atoms with Gasteiger partial charge in [0.2, 0.25) is 0 Å². The molecule has 1 aromatic heterocycles. The highest BCUT2D eigenvalue weighted by atomic mass is 19.1. The fraction of sp³-hybridized carbons (Fsp3) is 0.750. The van der Waals surface area contributed by atoms with Crippen molar-refractivity contribution in [2.24, 2.45) is 5.41 Å². The summed E-state index contributed by atoms with van der Waals surface area (Å²) in [5, 5.41) is 0. The Kier molecular flexibility index (Phi) is 4.11. The molecule has 2 atom stereocenters. The van der Waals surface area contributed by atoms with Crippen molar-refractivity contribution in [2.45, 2.75) is 51.6 Å². The molecule has 116 valence electrons. The van der Waals surface area contributed by atoms with Crippen molar-refractivity contribution in [3.05, 3.63) is 17.8 Å². The second-order valence-electron chi connectivity index (χ2n) is 6.32. The lowest BCUT2D eigenvalue weighted by atomic mass is 9.76. The number of anilines is 1. The number of aromatic nitrogens is 2. The van der Waals surface area contributed by atoms with Crippen LogP contribution in [0.5, 0.6) is 0 Å². The van der Waals surface area contributed by atoms with Crippen LogP contribution >= 0.6 is 0 Å². The fourth-order valence-corrected chi connectivity index (χ4v) is 4.15. The molecule has 1 aliphatic heterocycles. The van der Waals surface area contributed by atoms with Gasteiger partial charge in [0, 0.05) is 25.6 Å². The summed E-state index contributed by atoms with van der Waals surface area (Å²) in [4.78, 5) is 10.4. The molecule has 2 aliphatic rings. The number of hydrogen-bond donors (Lipinski definition) is 0. The van der Waals surface area contributed by atoms with Gasteiger partial charge in [-0.25, -0.2) is 14.4 Å². The van der Waals surface area contributed by atoms with Crippen LogP contribution in [0.2, 0.25) is 0 Å². The lowest BCUT2D eigenvalue weighted by Crippen LogP contribution is -2.48. The van der Waals surface area contributed by atoms with Crippen LogP contribution in [0.25, 0.3) is 0 Å². The molecule has 0 aromatic carbocycles. The molecule has 0 bridgehead atoms. The van der Waals surface area contributed by atoms with E-state index in [4.69, 9.17) is 4.74 Å². The maximum absolute atomic E-state index is 14.5. The lowest BCUT2D eigenvalue weighted by Gasteiger charge is -2.44. The Morgan fingerprint density at radius 3 is 2.95 bits per heavy atom. The Balaban J connectivity index is 1.87. The molecule has 1 saturated heterocycles. The van der Waals surface area contributed by atoms with Gasteiger partial charge in [0.15, 0.2) is 11.6 Å². The van der Waals surface area contributed by atoms with E-state index in [1.165, 1.54) is 25.6 Å². The van der Waals surface area contributed by atoms with Gasteiger partial charge >= 0.3 is 0 Å². The third-order valence-corrected chi connectivity index (χ3v) is 5.19. The van der Waals surface area contributed by atoms with Crippen LogP contribution in [0.15, 0.2) is 6.33 Å². The number of methoxy groups -OCH3 is 1. The molecule has 1 saturated carbocycles. The molecule has 3 rings (SSSR count). The van der Waals surface area contributed by atoms with Crippen LogP contribution < -0.4 is 4.90 Å². The minimum atomic E-state index is -0.246. The summed E-state index contributed by atoms with van der Waals surface area (Å²) in [5.74, 6) is 0.228. The second kappa shape index (κ2) is 5.87. The summed E-state index contributed by atoms with van der Waals surface area (Å²) in [6.45, 7) is 3.64. The van der Waals surface area contributed by atoms with Gasteiger partial charge in [-0.05, 0) is 32.1 Å². The minimum absolute atomic E-state index is 0.177. The molecule has 2 heterocycles. The Hall–Kier alpha value is -1.23. The Labute approximate surface area is 125 Å². The van der Waals surface area contributed by atoms with Crippen LogP contribution in [0.3, 0.4) is 0 Å². The monoisotopic (exact) mass is 293 g/mol. The standard InChI is InChI=1S/C16H24FN3O/c1-3-12-14(17)15(19-11-18-12)20-9-5-8-16(10-20)7-4-6-13(16)21-2/h11,13H,3-10H2,1-2H3/t13-,16+/m1/s1. The summed E-state index contributed by atoms with van der Waals surface area (Å²) >= 11 is 0. The predicted molar refractivity (Wildman–Crippen MR) is 79.9 cm³/mol. The highest BCUT2D eigenvalue weighted by Gasteiger charge is 2.46. The van der Waals surface area contributed by atoms with E-state index >= 15 is 0 Å². The average Bonchev–Trinajstić information content (AvgIpc) is 2.89. The van der Waals surface area contributed by atoms with Crippen LogP contribution in [0.1, 0.15) is 44.7 Å². The zero-order valence-electron chi connectivity index (χ0n) is 12.9. The summed E-state index contributed by atoms with van der Waals surface area (Å²) < 4.78 is 20.2. The van der Waals surface area contributed by atoms with Crippen molar-refractivity contribution in [1.29, 1.82) is 0 Å². The molecule has 0 N–H and O–H groups in total. The first kappa shape index (κ1) is 14.7. The van der Waals surface area contributed by atoms with Crippen molar-refractivity contribution in [1.82, 2.24) is 9.97 Å². The van der Waals surface area contributed by atoms with E-state index < -0.39 is 0 Å². The fourth-order valence-electron chi connectivity index (χ4n) is 4.15. The molecule has 5 heteroatoms. The molecular formula is C16H24FN3O. The van der Waals surface area contributed by atoms with Gasteiger partial charge in [0.1, 0.15) is 6.33 Å². The van der Waals surface area contributed by atoms with Crippen LogP contribution in [-0.4, -0.2) is 36.3 Å². The summed E-state index contributed by atoms with van der Waals surface area (Å²) in [5.41, 5.74) is 0.686. The molecule has 1 aromatic rings. The Bertz CT molecular complexity index is 510. The first-order valence-corrected chi connectivity index (χ1v) is 7.97. The van der Waals surface area contributed by atoms with E-state index in [0.29, 0.717) is 24.0 Å². The van der Waals surface area contributed by atoms with Gasteiger partial charge in [-0.15, -0.1) is 0 Å². The Morgan fingerprint density at radius 1 is 1.38 bits per heavy atom. The number of aryl methyl sites for hydroxylation is 1. The summed E-state index contributed by atoms with van der Waals surface area (Å²) in [6.07, 6.45) is 8.14. The van der Waals surface area contributed by atoms with Gasteiger partial charge in [0.05, 0.1) is 11.8 Å². The first-order chi connectivity index (χ1) is 10.2. The smallest absolute Gasteiger partial charge is 0.187 e. The Morgan fingerprint density at radius 2 is 2.19 bits per heavy atom. The number of ether oxygens (including phenoxy) is 1. The molecule has 1 aliphatic carbocycles. The SMILES string of the molecule is CCc1ncnc(N2CCC[C@@]3(CCC[C@H]3OC)C2)c1F. The predicted octanol–water partition coefficient (Wildman–Crippen LogP) is 2.96. The molecule has 4 nitrogen and oxygen atoms in total. The number of piperidine rings is 1. The van der Waals surface area contributed by atoms with Crippen molar-refractivity contribution in [3.8, 4) is 0 Å². The number of nitrogens with zero attached hydrogens (tertiary/aromatic N) is 3. The highest BCUT2D eigenvalue weighted by molar-refractivity contribution is 5.42. The van der Waals surface area contributed by atoms with E-state index in [9.17, 15) is 4.39 Å². The molecule has 0 unspecified atom stereocenters. The molecule has 2 fully saturated rings. The summed E-state index contributed by atoms with van der Waals surface area (Å²) in [6, 6.07) is 0. The van der Waals surface area contributed by atoms with Crippen LogP contribution in [0, 0.1) is 11.2 Å². The third kappa shape index (κ3) is 2.52. The zero-order chi connectivity index (χ0) is 14.9. The van der Waals surface area contributed by atoms with E-state index in [1.54, 1.807) is 7.11 Å². The maximum Gasteiger partial charge on any atom is 0.187 e. The van der Waals surface area contributed by atoms with Crippen molar-refractivity contribution >= 4 is 5.82 Å². The lowest BCUT2D eigenvalue weighted by molar-refractivity contribution is 0.00205. The van der Waals surface area contributed by atoms with E-state index in [-0.39, 0.29) is 11.2 Å². The first-order valence-electron chi connectivity index (χ1n) is 7.97. The maximum atomic E-state index is 14.5. The van der Waals surface area contributed by atoms with Gasteiger partial charge < -0.3 is 9.64 Å². The van der Waals surface area contributed by atoms with E-state index in [1.807, 2.05) is 6.92 Å². The van der Waals surface area contributed by atoms with Gasteiger partial charge in [0.25, 0.3) is 0 Å². The molecule has 0 amide bonds. The summed E-state index contributed by atoms with van der Waals surface area (Å²) in [7, 11) is 1.80. The number of hydrogen-bond acceptors (Lipinski definition) is 4. The minimum Gasteiger partial charge on any atom is -0.381 e. The third-order valence-electron chi connectivity index (χ3n) is 5.19. The molecule has 21 heavy (non-hydrogen) atoms. The molecule has 1 spiro atoms. The number of halogens is 1. The highest BCUT2D eigenvalue weighted by Crippen LogP contribution is 2.47. The largest absolute Gasteiger partial charge is 0.381 e. The van der Waals surface area contributed by atoms with Crippen LogP contribution in [0.4, 0.5) is 10.2 Å². The molecule has 0 radical (unpaired) electrons. The van der Waals surface area contributed by atoms with Gasteiger partial charge in [-0.2, -0.15) is 0 Å². The number of rotatable bonds is 3. The average molecular weight is 293 g/mol. The normalized spacial score (nSPS) is 29.3. The van der Waals surface area contributed by atoms with Gasteiger partial charge in [-0.3, -0.25) is 0 Å². The van der Waals surface area contributed by atoms with Crippen molar-refractivity contribution < 1.29 is 9.13 Å².